The molecule has 0 amide bonds. The highest BCUT2D eigenvalue weighted by atomic mass is 127. The Labute approximate surface area is 103 Å². The van der Waals surface area contributed by atoms with Crippen LogP contribution in [0.1, 0.15) is 0 Å². The third-order valence-corrected chi connectivity index (χ3v) is 3.89. The predicted molar refractivity (Wildman–Crippen MR) is 62.9 cm³/mol. The number of fused-ring (bicyclic) bond motifs is 1. The second-order valence-electron chi connectivity index (χ2n) is 2.39. The largest absolute Gasteiger partial charge is 0.292 e. The molecule has 0 aliphatic rings. The van der Waals surface area contributed by atoms with Crippen molar-refractivity contribution >= 4 is 63.0 Å². The zero-order chi connectivity index (χ0) is 9.59. The molecule has 2 aromatic heterocycles. The van der Waals surface area contributed by atoms with Crippen LogP contribution in [0.5, 0.6) is 0 Å². The van der Waals surface area contributed by atoms with Crippen LogP contribution in [0.4, 0.5) is 0 Å². The van der Waals surface area contributed by atoms with Gasteiger partial charge in [-0.2, -0.15) is 0 Å². The van der Waals surface area contributed by atoms with Gasteiger partial charge in [-0.15, -0.1) is 0 Å². The van der Waals surface area contributed by atoms with E-state index < -0.39 is 0 Å². The van der Waals surface area contributed by atoms with Gasteiger partial charge in [-0.05, 0) is 22.6 Å². The summed E-state index contributed by atoms with van der Waals surface area (Å²) in [5.41, 5.74) is 0.698. The summed E-state index contributed by atoms with van der Waals surface area (Å²) in [6.07, 6.45) is 1.69. The minimum atomic E-state index is 0.457. The molecule has 0 aromatic carbocycles. The zero-order valence-corrected chi connectivity index (χ0v) is 10.5. The van der Waals surface area contributed by atoms with Crippen LogP contribution in [0.25, 0.3) is 5.65 Å². The summed E-state index contributed by atoms with van der Waals surface area (Å²) < 4.78 is 2.62. The number of hydrogen-bond acceptors (Lipinski definition) is 1. The first-order valence-corrected chi connectivity index (χ1v) is 5.49. The van der Waals surface area contributed by atoms with Crippen LogP contribution >= 0.6 is 57.4 Å². The number of imidazole rings is 1. The first kappa shape index (κ1) is 9.83. The maximum atomic E-state index is 5.84. The molecule has 0 fully saturated rings. The van der Waals surface area contributed by atoms with E-state index in [9.17, 15) is 0 Å². The average Bonchev–Trinajstić information content (AvgIpc) is 2.32. The van der Waals surface area contributed by atoms with Gasteiger partial charge in [-0.1, -0.05) is 34.8 Å². The van der Waals surface area contributed by atoms with E-state index in [1.165, 1.54) is 0 Å². The fourth-order valence-corrected chi connectivity index (χ4v) is 1.97. The quantitative estimate of drug-likeness (QED) is 0.661. The summed E-state index contributed by atoms with van der Waals surface area (Å²) in [5, 5.41) is 1.42. The van der Waals surface area contributed by atoms with Gasteiger partial charge < -0.3 is 0 Å². The standard InChI is InChI=1S/C7H2Cl3IN2/c8-3-1-5-12-6(10)7(11)13(5)2-4(3)9/h1-2H. The normalized spacial score (nSPS) is 11.1. The Morgan fingerprint density at radius 3 is 2.62 bits per heavy atom. The predicted octanol–water partition coefficient (Wildman–Crippen LogP) is 3.90. The van der Waals surface area contributed by atoms with Gasteiger partial charge in [0.1, 0.15) is 9.35 Å². The van der Waals surface area contributed by atoms with Crippen LogP contribution in [0.3, 0.4) is 0 Å². The van der Waals surface area contributed by atoms with E-state index in [2.05, 4.69) is 27.6 Å². The molecule has 0 N–H and O–H groups in total. The summed E-state index contributed by atoms with van der Waals surface area (Å²) in [6.45, 7) is 0. The summed E-state index contributed by atoms with van der Waals surface area (Å²) in [7, 11) is 0. The molecule has 0 saturated heterocycles. The maximum Gasteiger partial charge on any atom is 0.161 e. The lowest BCUT2D eigenvalue weighted by Crippen LogP contribution is -1.86. The highest BCUT2D eigenvalue weighted by Crippen LogP contribution is 2.26. The van der Waals surface area contributed by atoms with Crippen LogP contribution in [-0.2, 0) is 0 Å². The minimum Gasteiger partial charge on any atom is -0.292 e. The second kappa shape index (κ2) is 3.46. The molecule has 2 rings (SSSR count). The maximum absolute atomic E-state index is 5.84. The van der Waals surface area contributed by atoms with Crippen molar-refractivity contribution in [1.29, 1.82) is 0 Å². The Morgan fingerprint density at radius 2 is 1.92 bits per heavy atom. The number of pyridine rings is 1. The molecule has 13 heavy (non-hydrogen) atoms. The van der Waals surface area contributed by atoms with Crippen molar-refractivity contribution in [2.45, 2.75) is 0 Å². The van der Waals surface area contributed by atoms with Crippen LogP contribution in [0, 0.1) is 3.70 Å². The molecule has 0 unspecified atom stereocenters. The lowest BCUT2D eigenvalue weighted by atomic mass is 10.5. The lowest BCUT2D eigenvalue weighted by Gasteiger charge is -1.97. The fraction of sp³-hybridized carbons (Fsp3) is 0. The van der Waals surface area contributed by atoms with Crippen molar-refractivity contribution in [3.8, 4) is 0 Å². The monoisotopic (exact) mass is 346 g/mol. The van der Waals surface area contributed by atoms with Crippen molar-refractivity contribution in [2.75, 3.05) is 0 Å². The minimum absolute atomic E-state index is 0.457. The Balaban J connectivity index is 2.89. The topological polar surface area (TPSA) is 17.3 Å². The van der Waals surface area contributed by atoms with Gasteiger partial charge >= 0.3 is 0 Å². The summed E-state index contributed by atoms with van der Waals surface area (Å²) in [4.78, 5) is 4.09. The third-order valence-electron chi connectivity index (χ3n) is 1.57. The van der Waals surface area contributed by atoms with Crippen molar-refractivity contribution in [3.05, 3.63) is 31.2 Å². The smallest absolute Gasteiger partial charge is 0.161 e. The number of hydrogen-bond donors (Lipinski definition) is 0. The lowest BCUT2D eigenvalue weighted by molar-refractivity contribution is 1.15. The molecule has 2 heterocycles. The molecule has 0 saturated carbocycles. The van der Waals surface area contributed by atoms with Gasteiger partial charge in [0.25, 0.3) is 0 Å². The van der Waals surface area contributed by atoms with Gasteiger partial charge in [0.15, 0.2) is 5.15 Å². The van der Waals surface area contributed by atoms with E-state index in [4.69, 9.17) is 34.8 Å². The number of rotatable bonds is 0. The molecule has 2 aromatic rings. The molecule has 0 atom stereocenters. The molecule has 6 heteroatoms. The zero-order valence-electron chi connectivity index (χ0n) is 6.06. The fourth-order valence-electron chi connectivity index (χ4n) is 0.982. The highest BCUT2D eigenvalue weighted by molar-refractivity contribution is 14.1. The van der Waals surface area contributed by atoms with Gasteiger partial charge in [-0.3, -0.25) is 4.40 Å². The SMILES string of the molecule is Clc1cc2nc(Cl)c(I)n2cc1Cl. The molecular weight excluding hydrogens is 345 g/mol. The van der Waals surface area contributed by atoms with Crippen LogP contribution in [-0.4, -0.2) is 9.38 Å². The van der Waals surface area contributed by atoms with E-state index in [-0.39, 0.29) is 0 Å². The number of aromatic nitrogens is 2. The summed E-state index contributed by atoms with van der Waals surface area (Å²) in [6, 6.07) is 1.68. The first-order chi connectivity index (χ1) is 6.09. The molecular formula is C7H2Cl3IN2. The van der Waals surface area contributed by atoms with Crippen molar-refractivity contribution in [2.24, 2.45) is 0 Å². The van der Waals surface area contributed by atoms with E-state index >= 15 is 0 Å². The Kier molecular flexibility index (Phi) is 2.61. The molecule has 0 aliphatic heterocycles. The molecule has 0 aliphatic carbocycles. The van der Waals surface area contributed by atoms with Crippen LogP contribution in [0.15, 0.2) is 12.3 Å². The average molecular weight is 347 g/mol. The van der Waals surface area contributed by atoms with E-state index in [0.29, 0.717) is 20.8 Å². The van der Waals surface area contributed by atoms with Gasteiger partial charge in [0, 0.05) is 12.3 Å². The molecule has 0 spiro atoms. The molecule has 68 valence electrons. The van der Waals surface area contributed by atoms with Gasteiger partial charge in [0.05, 0.1) is 10.0 Å². The molecule has 0 bridgehead atoms. The van der Waals surface area contributed by atoms with Crippen molar-refractivity contribution < 1.29 is 0 Å². The number of nitrogens with zero attached hydrogens (tertiary/aromatic N) is 2. The second-order valence-corrected chi connectivity index (χ2v) is 4.59. The summed E-state index contributed by atoms with van der Waals surface area (Å²) in [5.74, 6) is 0. The van der Waals surface area contributed by atoms with E-state index in [1.54, 1.807) is 16.7 Å². The van der Waals surface area contributed by atoms with E-state index in [0.717, 1.165) is 3.70 Å². The van der Waals surface area contributed by atoms with Crippen molar-refractivity contribution in [1.82, 2.24) is 9.38 Å². The van der Waals surface area contributed by atoms with Crippen LogP contribution in [0.2, 0.25) is 15.2 Å². The summed E-state index contributed by atoms with van der Waals surface area (Å²) >= 11 is 19.6. The molecule has 0 radical (unpaired) electrons. The highest BCUT2D eigenvalue weighted by Gasteiger charge is 2.09. The van der Waals surface area contributed by atoms with Crippen molar-refractivity contribution in [3.63, 3.8) is 0 Å². The number of halogens is 4. The van der Waals surface area contributed by atoms with Crippen LogP contribution < -0.4 is 0 Å². The Hall–Kier alpha value is 0.290. The third kappa shape index (κ3) is 1.63. The Bertz CT molecular complexity index is 480. The molecule has 2 nitrogen and oxygen atoms in total. The Morgan fingerprint density at radius 1 is 1.23 bits per heavy atom. The van der Waals surface area contributed by atoms with Gasteiger partial charge in [0.2, 0.25) is 0 Å². The van der Waals surface area contributed by atoms with E-state index in [1.807, 2.05) is 0 Å². The van der Waals surface area contributed by atoms with Gasteiger partial charge in [-0.25, -0.2) is 4.98 Å². The first-order valence-electron chi connectivity index (χ1n) is 3.27.